The normalized spacial score (nSPS) is 15.6. The zero-order chi connectivity index (χ0) is 21.5. The zero-order valence-corrected chi connectivity index (χ0v) is 19.9. The molecule has 5 nitrogen and oxygen atoms in total. The molecular weight excluding hydrogens is 420 g/mol. The molecule has 5 rings (SSSR count). The van der Waals surface area contributed by atoms with Crippen molar-refractivity contribution in [1.82, 2.24) is 14.5 Å². The number of pyridine rings is 1. The summed E-state index contributed by atoms with van der Waals surface area (Å²) in [5.41, 5.74) is 6.99. The Balaban J connectivity index is 0.00000245. The summed E-state index contributed by atoms with van der Waals surface area (Å²) in [6, 6.07) is 10.7. The van der Waals surface area contributed by atoms with Crippen molar-refractivity contribution in [3.8, 4) is 0 Å². The van der Waals surface area contributed by atoms with E-state index in [1.54, 1.807) is 0 Å². The Morgan fingerprint density at radius 3 is 2.59 bits per heavy atom. The van der Waals surface area contributed by atoms with Crippen LogP contribution in [0.15, 0.2) is 42.5 Å². The lowest BCUT2D eigenvalue weighted by Crippen LogP contribution is -2.35. The summed E-state index contributed by atoms with van der Waals surface area (Å²) in [4.78, 5) is 22.6. The fourth-order valence-corrected chi connectivity index (χ4v) is 5.03. The molecule has 2 aromatic heterocycles. The molecule has 4 heterocycles. The van der Waals surface area contributed by atoms with Gasteiger partial charge in [0.25, 0.3) is 5.91 Å². The minimum absolute atomic E-state index is 0. The molecule has 1 amide bonds. The summed E-state index contributed by atoms with van der Waals surface area (Å²) in [5, 5.41) is 1.15. The van der Waals surface area contributed by atoms with Crippen molar-refractivity contribution in [3.05, 3.63) is 70.6 Å². The Morgan fingerprint density at radius 1 is 1.09 bits per heavy atom. The number of aromatic nitrogens is 2. The van der Waals surface area contributed by atoms with Crippen LogP contribution in [0.5, 0.6) is 0 Å². The first-order chi connectivity index (χ1) is 15.1. The molecule has 1 aromatic carbocycles. The predicted octanol–water partition coefficient (Wildman–Crippen LogP) is 5.06. The lowest BCUT2D eigenvalue weighted by atomic mass is 10.00. The van der Waals surface area contributed by atoms with Gasteiger partial charge in [-0.1, -0.05) is 36.4 Å². The molecule has 168 valence electrons. The molecule has 32 heavy (non-hydrogen) atoms. The van der Waals surface area contributed by atoms with Gasteiger partial charge in [-0.05, 0) is 56.4 Å². The number of rotatable bonds is 3. The smallest absolute Gasteiger partial charge is 0.272 e. The van der Waals surface area contributed by atoms with Gasteiger partial charge >= 0.3 is 0 Å². The predicted molar refractivity (Wildman–Crippen MR) is 133 cm³/mol. The highest BCUT2D eigenvalue weighted by atomic mass is 35.5. The van der Waals surface area contributed by atoms with Crippen LogP contribution < -0.4 is 4.90 Å². The van der Waals surface area contributed by atoms with Crippen LogP contribution in [0, 0.1) is 13.8 Å². The molecule has 0 aliphatic carbocycles. The minimum Gasteiger partial charge on any atom is -0.350 e. The van der Waals surface area contributed by atoms with Crippen molar-refractivity contribution >= 4 is 35.0 Å². The van der Waals surface area contributed by atoms with Crippen LogP contribution in [-0.2, 0) is 19.5 Å². The van der Waals surface area contributed by atoms with Crippen LogP contribution in [-0.4, -0.2) is 40.0 Å². The van der Waals surface area contributed by atoms with Crippen LogP contribution in [0.25, 0.3) is 10.9 Å². The molecule has 0 radical (unpaired) electrons. The number of hydrogen-bond acceptors (Lipinski definition) is 3. The molecule has 0 saturated carbocycles. The van der Waals surface area contributed by atoms with E-state index in [1.807, 2.05) is 11.0 Å². The third kappa shape index (κ3) is 3.69. The number of benzene rings is 1. The molecule has 2 aliphatic rings. The number of anilines is 1. The number of carbonyl (C=O) groups is 1. The third-order valence-electron chi connectivity index (χ3n) is 6.91. The van der Waals surface area contributed by atoms with E-state index >= 15 is 0 Å². The molecule has 0 fully saturated rings. The number of fused-ring (bicyclic) bond motifs is 2. The molecule has 2 aliphatic heterocycles. The summed E-state index contributed by atoms with van der Waals surface area (Å²) in [5.74, 6) is 0.979. The van der Waals surface area contributed by atoms with E-state index in [0.717, 1.165) is 55.7 Å². The maximum absolute atomic E-state index is 13.4. The van der Waals surface area contributed by atoms with Crippen molar-refractivity contribution in [3.63, 3.8) is 0 Å². The molecule has 0 saturated heterocycles. The average Bonchev–Trinajstić information content (AvgIpc) is 3.07. The van der Waals surface area contributed by atoms with Crippen molar-refractivity contribution < 1.29 is 4.79 Å². The molecule has 0 spiro atoms. The third-order valence-corrected chi connectivity index (χ3v) is 6.91. The van der Waals surface area contributed by atoms with Crippen LogP contribution in [0.3, 0.4) is 0 Å². The summed E-state index contributed by atoms with van der Waals surface area (Å²) in [7, 11) is 0. The van der Waals surface area contributed by atoms with Crippen molar-refractivity contribution in [2.24, 2.45) is 0 Å². The first-order valence-electron chi connectivity index (χ1n) is 11.3. The molecule has 0 atom stereocenters. The average molecular weight is 451 g/mol. The molecule has 0 bridgehead atoms. The number of carbonyl (C=O) groups excluding carboxylic acids is 1. The highest BCUT2D eigenvalue weighted by molar-refractivity contribution is 6.01. The van der Waals surface area contributed by atoms with E-state index in [4.69, 9.17) is 4.98 Å². The monoisotopic (exact) mass is 450 g/mol. The lowest BCUT2D eigenvalue weighted by molar-refractivity contribution is 0.0765. The van der Waals surface area contributed by atoms with Gasteiger partial charge in [0.15, 0.2) is 5.82 Å². The summed E-state index contributed by atoms with van der Waals surface area (Å²) in [6.07, 6.45) is 6.13. The molecular formula is C26H31ClN4O. The van der Waals surface area contributed by atoms with E-state index in [2.05, 4.69) is 66.7 Å². The van der Waals surface area contributed by atoms with Gasteiger partial charge in [-0.25, -0.2) is 4.98 Å². The summed E-state index contributed by atoms with van der Waals surface area (Å²) in [6.45, 7) is 10.6. The zero-order valence-electron chi connectivity index (χ0n) is 19.1. The SMILES string of the molecule is CCn1c(C)c(C)c2cc(C(=O)N3CC=CCC3)nc(N3CCc4ccccc4C3)c21.Cl. The number of aryl methyl sites for hydroxylation is 2. The van der Waals surface area contributed by atoms with Crippen LogP contribution in [0.2, 0.25) is 0 Å². The second-order valence-corrected chi connectivity index (χ2v) is 8.63. The summed E-state index contributed by atoms with van der Waals surface area (Å²) < 4.78 is 2.35. The van der Waals surface area contributed by atoms with E-state index in [9.17, 15) is 4.79 Å². The van der Waals surface area contributed by atoms with Crippen molar-refractivity contribution in [1.29, 1.82) is 0 Å². The first-order valence-corrected chi connectivity index (χ1v) is 11.3. The standard InChI is InChI=1S/C26H30N4O.ClH/c1-4-30-19(3)18(2)22-16-23(26(31)28-13-8-5-9-14-28)27-25(24(22)30)29-15-12-20-10-6-7-11-21(20)17-29;/h5-8,10-11,16H,4,9,12-15,17H2,1-3H3;1H. The van der Waals surface area contributed by atoms with Gasteiger partial charge in [-0.3, -0.25) is 4.79 Å². The fraction of sp³-hybridized carbons (Fsp3) is 0.385. The lowest BCUT2D eigenvalue weighted by Gasteiger charge is -2.31. The van der Waals surface area contributed by atoms with E-state index in [1.165, 1.54) is 22.4 Å². The highest BCUT2D eigenvalue weighted by Gasteiger charge is 2.26. The Bertz CT molecular complexity index is 1200. The second-order valence-electron chi connectivity index (χ2n) is 8.63. The fourth-order valence-electron chi connectivity index (χ4n) is 5.03. The van der Waals surface area contributed by atoms with Gasteiger partial charge in [0.05, 0.1) is 5.52 Å². The van der Waals surface area contributed by atoms with Gasteiger partial charge in [0.1, 0.15) is 5.69 Å². The Labute approximate surface area is 196 Å². The van der Waals surface area contributed by atoms with Gasteiger partial charge in [0, 0.05) is 43.8 Å². The van der Waals surface area contributed by atoms with E-state index in [0.29, 0.717) is 12.2 Å². The molecule has 6 heteroatoms. The topological polar surface area (TPSA) is 41.4 Å². The molecule has 0 N–H and O–H groups in total. The van der Waals surface area contributed by atoms with Crippen LogP contribution in [0.1, 0.15) is 46.2 Å². The second kappa shape index (κ2) is 8.99. The number of nitrogens with zero attached hydrogens (tertiary/aromatic N) is 4. The quantitative estimate of drug-likeness (QED) is 0.524. The van der Waals surface area contributed by atoms with Gasteiger partial charge < -0.3 is 14.4 Å². The number of amides is 1. The van der Waals surface area contributed by atoms with Gasteiger partial charge in [-0.2, -0.15) is 0 Å². The number of halogens is 1. The van der Waals surface area contributed by atoms with Crippen molar-refractivity contribution in [2.75, 3.05) is 24.5 Å². The largest absolute Gasteiger partial charge is 0.350 e. The van der Waals surface area contributed by atoms with Crippen LogP contribution in [0.4, 0.5) is 5.82 Å². The van der Waals surface area contributed by atoms with Crippen LogP contribution >= 0.6 is 12.4 Å². The Hall–Kier alpha value is -2.79. The van der Waals surface area contributed by atoms with Crippen molar-refractivity contribution in [2.45, 2.75) is 46.7 Å². The van der Waals surface area contributed by atoms with Gasteiger partial charge in [0.2, 0.25) is 0 Å². The van der Waals surface area contributed by atoms with E-state index in [-0.39, 0.29) is 18.3 Å². The Kier molecular flexibility index (Phi) is 6.29. The minimum atomic E-state index is 0. The Morgan fingerprint density at radius 2 is 1.88 bits per heavy atom. The highest BCUT2D eigenvalue weighted by Crippen LogP contribution is 2.35. The van der Waals surface area contributed by atoms with Gasteiger partial charge in [-0.15, -0.1) is 12.4 Å². The van der Waals surface area contributed by atoms with E-state index < -0.39 is 0 Å². The first kappa shape index (κ1) is 22.4. The number of hydrogen-bond donors (Lipinski definition) is 0. The maximum Gasteiger partial charge on any atom is 0.272 e. The maximum atomic E-state index is 13.4. The molecule has 3 aromatic rings. The summed E-state index contributed by atoms with van der Waals surface area (Å²) >= 11 is 0. The molecule has 0 unspecified atom stereocenters.